The van der Waals surface area contributed by atoms with E-state index in [2.05, 4.69) is 68.8 Å². The van der Waals surface area contributed by atoms with E-state index in [1.54, 1.807) is 91.1 Å². The maximum absolute atomic E-state index is 15.9. The molecule has 628 valence electrons. The van der Waals surface area contributed by atoms with Crippen molar-refractivity contribution in [2.75, 3.05) is 26.0 Å². The first-order valence-corrected chi connectivity index (χ1v) is 38.4. The number of aliphatic carboxylic acids is 1. The van der Waals surface area contributed by atoms with Crippen LogP contribution in [0.4, 0.5) is 0 Å². The number of unbranched alkanes of at least 4 members (excludes halogenated alkanes) is 1. The lowest BCUT2D eigenvalue weighted by Crippen LogP contribution is -2.65. The number of ether oxygens (including phenoxy) is 1. The minimum atomic E-state index is -2.09. The lowest BCUT2D eigenvalue weighted by molar-refractivity contribution is -0.140. The van der Waals surface area contributed by atoms with Gasteiger partial charge in [-0.1, -0.05) is 72.8 Å². The Bertz CT molecular complexity index is 4430. The summed E-state index contributed by atoms with van der Waals surface area (Å²) in [5.41, 5.74) is 27.4. The SMILES string of the molecule is COc1ccc(C[C@H](NC(=O)[C@H]2NC(=O)[C@H](CCC(N)=O)NC(=O)[C@H](Cc3c[nH]c4ccccc34)NC(=O)[C@H]([C@@H](C)O)NC(=O)[C@H](CCC(N)=O)NC(=O)[C@@H](NC(C)=O)CCSC2(C)C)C(=O)N[C@@H](Cc2ccc3ccccc3c2)C(=O)N[C@@](C)(CCCCN)C(=O)N[C@@H](CCC(=O)O)C(=O)N[C@@H](CC(N)=O)C(=O)NCC(N)=O)cc1. The van der Waals surface area contributed by atoms with Gasteiger partial charge in [0.05, 0.1) is 26.2 Å². The fraction of sp³-hybridized carbons (Fsp3) is 0.468. The van der Waals surface area contributed by atoms with Crippen LogP contribution in [-0.4, -0.2) is 218 Å². The molecule has 1 fully saturated rings. The monoisotopic (exact) mass is 1630 g/mol. The van der Waals surface area contributed by atoms with Gasteiger partial charge in [-0.15, -0.1) is 0 Å². The molecule has 39 heteroatoms. The second-order valence-corrected chi connectivity index (χ2v) is 30.7. The molecule has 12 atom stereocenters. The first-order valence-electron chi connectivity index (χ1n) is 37.4. The second kappa shape index (κ2) is 43.8. The Morgan fingerprint density at radius 3 is 1.82 bits per heavy atom. The number of carboxylic acid groups (broad SMARTS) is 1. The number of aromatic nitrogens is 1. The number of hydrogen-bond acceptors (Lipinski definition) is 21. The Kier molecular flexibility index (Phi) is 35.0. The molecule has 0 spiro atoms. The van der Waals surface area contributed by atoms with Crippen LogP contribution in [-0.2, 0) is 101 Å². The van der Waals surface area contributed by atoms with Crippen LogP contribution in [0.1, 0.15) is 122 Å². The van der Waals surface area contributed by atoms with Gasteiger partial charge in [0.1, 0.15) is 71.7 Å². The summed E-state index contributed by atoms with van der Waals surface area (Å²) in [5.74, 6) is -18.0. The van der Waals surface area contributed by atoms with Crippen LogP contribution >= 0.6 is 11.8 Å². The van der Waals surface area contributed by atoms with E-state index in [0.717, 1.165) is 31.0 Å². The van der Waals surface area contributed by atoms with E-state index in [9.17, 15) is 63.0 Å². The number of primary amides is 4. The number of amides is 16. The summed E-state index contributed by atoms with van der Waals surface area (Å²) < 4.78 is 3.79. The molecule has 0 saturated carbocycles. The van der Waals surface area contributed by atoms with Crippen molar-refractivity contribution in [1.29, 1.82) is 0 Å². The standard InChI is InChI=1S/C77H104N18O20S/c1-40(96)63-73(112)90-56(36-46-38-83-49-16-10-9-15-48(46)49)71(110)87-51(24-27-59(80)99)69(108)94-64(76(3,4)116-32-29-53(85-41(2)97)67(106)86-50(68(107)93-63)23-26-58(79)98)74(113)91-54(34-42-18-21-47(115-6)22-19-42)70(109)88-55(35-43-17-20-44-13-7-8-14-45(44)33-43)72(111)95-77(5,30-11-12-31-78)75(114)92-52(25-28-62(102)103)66(105)89-57(37-60(81)100)65(104)84-39-61(82)101/h7-10,13-22,33,38,40,50-57,63-64,83,96H,11-12,23-32,34-37,39,78H2,1-6H3,(H2,79,98)(H2,80,99)(H2,81,100)(H2,82,101)(H,84,104)(H,85,97)(H,86,106)(H,87,110)(H,88,109)(H,89,105)(H,90,112)(H,91,113)(H,92,114)(H,93,107)(H,94,108)(H,95,111)(H,102,103)/t40-,50+,51+,52+,53+,54+,55+,56+,57+,63+,64-,77+/m1/s1. The van der Waals surface area contributed by atoms with Crippen molar-refractivity contribution in [3.8, 4) is 5.75 Å². The van der Waals surface area contributed by atoms with Crippen molar-refractivity contribution in [2.45, 2.75) is 201 Å². The molecule has 16 amide bonds. The zero-order chi connectivity index (χ0) is 85.7. The topological polar surface area (TPSA) is 630 Å². The van der Waals surface area contributed by atoms with Crippen LogP contribution in [0.2, 0.25) is 0 Å². The first kappa shape index (κ1) is 92.6. The number of aromatic amines is 1. The molecule has 6 rings (SSSR count). The van der Waals surface area contributed by atoms with Crippen molar-refractivity contribution in [3.63, 3.8) is 0 Å². The van der Waals surface area contributed by atoms with Crippen molar-refractivity contribution in [3.05, 3.63) is 114 Å². The maximum Gasteiger partial charge on any atom is 0.303 e. The van der Waals surface area contributed by atoms with Gasteiger partial charge in [-0.25, -0.2) is 0 Å². The van der Waals surface area contributed by atoms with E-state index in [1.807, 2.05) is 6.07 Å². The highest BCUT2D eigenvalue weighted by molar-refractivity contribution is 8.00. The van der Waals surface area contributed by atoms with Gasteiger partial charge in [0.15, 0.2) is 0 Å². The largest absolute Gasteiger partial charge is 0.497 e. The minimum Gasteiger partial charge on any atom is -0.497 e. The Balaban J connectivity index is 1.48. The molecule has 0 aliphatic carbocycles. The molecule has 2 heterocycles. The number of nitrogens with one attached hydrogen (secondary N) is 13. The fourth-order valence-electron chi connectivity index (χ4n) is 12.7. The smallest absolute Gasteiger partial charge is 0.303 e. The highest BCUT2D eigenvalue weighted by atomic mass is 32.2. The van der Waals surface area contributed by atoms with Crippen molar-refractivity contribution >= 4 is 134 Å². The van der Waals surface area contributed by atoms with Gasteiger partial charge in [-0.2, -0.15) is 11.8 Å². The minimum absolute atomic E-state index is 0.0896. The first-order chi connectivity index (χ1) is 54.8. The van der Waals surface area contributed by atoms with E-state index < -0.39 is 235 Å². The summed E-state index contributed by atoms with van der Waals surface area (Å²) in [6.45, 7) is 5.87. The normalized spacial score (nSPS) is 19.4. The number of para-hydroxylation sites is 1. The van der Waals surface area contributed by atoms with Crippen LogP contribution in [0.5, 0.6) is 5.75 Å². The third-order valence-electron chi connectivity index (χ3n) is 19.1. The van der Waals surface area contributed by atoms with Gasteiger partial charge in [0.2, 0.25) is 94.5 Å². The number of rotatable bonds is 37. The average molecular weight is 1630 g/mol. The van der Waals surface area contributed by atoms with Gasteiger partial charge in [-0.05, 0) is 131 Å². The number of thioether (sulfide) groups is 1. The maximum atomic E-state index is 15.9. The summed E-state index contributed by atoms with van der Waals surface area (Å²) in [7, 11) is 1.41. The Hall–Kier alpha value is -12.3. The summed E-state index contributed by atoms with van der Waals surface area (Å²) in [4.78, 5) is 240. The predicted molar refractivity (Wildman–Crippen MR) is 423 cm³/mol. The number of carbonyl (C=O) groups is 17. The van der Waals surface area contributed by atoms with E-state index in [0.29, 0.717) is 38.7 Å². The summed E-state index contributed by atoms with van der Waals surface area (Å²) in [6.07, 6.45) is -5.72. The molecular formula is C77H104N18O20S. The molecule has 1 aliphatic rings. The molecular weight excluding hydrogens is 1530 g/mol. The second-order valence-electron chi connectivity index (χ2n) is 28.9. The van der Waals surface area contributed by atoms with E-state index in [-0.39, 0.29) is 50.8 Å². The van der Waals surface area contributed by atoms with E-state index in [1.165, 1.54) is 27.9 Å². The van der Waals surface area contributed by atoms with Crippen LogP contribution in [0.25, 0.3) is 21.7 Å². The van der Waals surface area contributed by atoms with Gasteiger partial charge < -0.3 is 112 Å². The molecule has 38 nitrogen and oxygen atoms in total. The number of H-pyrrole nitrogens is 1. The number of benzene rings is 4. The van der Waals surface area contributed by atoms with Crippen molar-refractivity contribution < 1.29 is 96.5 Å². The van der Waals surface area contributed by atoms with Crippen LogP contribution in [0.3, 0.4) is 0 Å². The van der Waals surface area contributed by atoms with Gasteiger partial charge in [-0.3, -0.25) is 81.5 Å². The molecule has 5 aromatic rings. The molecule has 1 aliphatic heterocycles. The Morgan fingerprint density at radius 2 is 1.21 bits per heavy atom. The van der Waals surface area contributed by atoms with Gasteiger partial charge in [0, 0.05) is 67.3 Å². The van der Waals surface area contributed by atoms with E-state index in [4.69, 9.17) is 33.4 Å². The number of carbonyl (C=O) groups excluding carboxylic acids is 16. The zero-order valence-corrected chi connectivity index (χ0v) is 66.0. The lowest BCUT2D eigenvalue weighted by atomic mass is 9.91. The zero-order valence-electron chi connectivity index (χ0n) is 65.1. The van der Waals surface area contributed by atoms with E-state index >= 15 is 28.8 Å². The number of hydrogen-bond donors (Lipinski definition) is 20. The predicted octanol–water partition coefficient (Wildman–Crippen LogP) is -3.60. The van der Waals surface area contributed by atoms with Gasteiger partial charge in [0.25, 0.3) is 0 Å². The van der Waals surface area contributed by atoms with Crippen LogP contribution in [0.15, 0.2) is 97.2 Å². The Morgan fingerprint density at radius 1 is 0.629 bits per heavy atom. The number of carboxylic acids is 1. The lowest BCUT2D eigenvalue weighted by Gasteiger charge is -2.36. The van der Waals surface area contributed by atoms with Crippen LogP contribution in [0, 0.1) is 0 Å². The number of aliphatic hydroxyl groups excluding tert-OH is 1. The molecule has 1 aromatic heterocycles. The van der Waals surface area contributed by atoms with Crippen molar-refractivity contribution in [1.82, 2.24) is 68.8 Å². The quantitative estimate of drug-likeness (QED) is 0.0171. The molecule has 0 bridgehead atoms. The number of fused-ring (bicyclic) bond motifs is 2. The molecule has 116 heavy (non-hydrogen) atoms. The highest BCUT2D eigenvalue weighted by Crippen LogP contribution is 2.31. The molecule has 25 N–H and O–H groups in total. The third-order valence-corrected chi connectivity index (χ3v) is 20.6. The Labute approximate surface area is 671 Å². The molecule has 4 aromatic carbocycles. The molecule has 0 radical (unpaired) electrons. The summed E-state index contributed by atoms with van der Waals surface area (Å²) in [6, 6.07) is 7.99. The average Bonchev–Trinajstić information content (AvgIpc) is 1.26. The fourth-order valence-corrected chi connectivity index (χ4v) is 13.9. The summed E-state index contributed by atoms with van der Waals surface area (Å²) >= 11 is 0.944. The summed E-state index contributed by atoms with van der Waals surface area (Å²) in [5, 5.41) is 53.4. The molecule has 1 saturated heterocycles. The third kappa shape index (κ3) is 28.7. The van der Waals surface area contributed by atoms with Gasteiger partial charge >= 0.3 is 5.97 Å². The van der Waals surface area contributed by atoms with Crippen LogP contribution < -0.4 is 97.2 Å². The number of nitrogens with two attached hydrogens (primary N) is 5. The number of methoxy groups -OCH3 is 1. The molecule has 0 unspecified atom stereocenters. The van der Waals surface area contributed by atoms with Crippen molar-refractivity contribution in [2.24, 2.45) is 28.7 Å². The highest BCUT2D eigenvalue weighted by Gasteiger charge is 2.44. The number of aliphatic hydroxyl groups is 1.